The largest absolute Gasteiger partial charge is 0.493 e. The van der Waals surface area contributed by atoms with Crippen molar-refractivity contribution in [3.8, 4) is 11.5 Å². The first-order chi connectivity index (χ1) is 18.4. The van der Waals surface area contributed by atoms with Gasteiger partial charge in [-0.2, -0.15) is 0 Å². The maximum absolute atomic E-state index is 13.2. The summed E-state index contributed by atoms with van der Waals surface area (Å²) in [6.45, 7) is 4.08. The Morgan fingerprint density at radius 2 is 1.66 bits per heavy atom. The van der Waals surface area contributed by atoms with Crippen molar-refractivity contribution in [3.05, 3.63) is 98.4 Å². The number of ketones is 2. The van der Waals surface area contributed by atoms with Crippen LogP contribution in [0.4, 0.5) is 5.69 Å². The number of nitrogens with zero attached hydrogens (tertiary/aromatic N) is 1. The van der Waals surface area contributed by atoms with Gasteiger partial charge in [-0.05, 0) is 61.4 Å². The van der Waals surface area contributed by atoms with E-state index in [4.69, 9.17) is 9.47 Å². The Bertz CT molecular complexity index is 1340. The number of rotatable bonds is 8. The number of Topliss-reactive ketones (excluding diaryl/α,β-unsaturated/α-hetero) is 2. The molecule has 0 saturated heterocycles. The number of carbonyl (C=O) groups excluding carboxylic acids is 2. The van der Waals surface area contributed by atoms with Crippen LogP contribution in [0, 0.1) is 10.1 Å². The van der Waals surface area contributed by atoms with Crippen molar-refractivity contribution in [2.24, 2.45) is 0 Å². The quantitative estimate of drug-likeness (QED) is 0.277. The van der Waals surface area contributed by atoms with Crippen LogP contribution in [0.15, 0.2) is 71.6 Å². The van der Waals surface area contributed by atoms with Crippen LogP contribution in [0.2, 0.25) is 0 Å². The van der Waals surface area contributed by atoms with Crippen LogP contribution < -0.4 is 14.8 Å². The maximum Gasteiger partial charge on any atom is 0.269 e. The van der Waals surface area contributed by atoms with E-state index in [0.717, 1.165) is 53.8 Å². The van der Waals surface area contributed by atoms with Crippen LogP contribution in [0.5, 0.6) is 11.5 Å². The number of allylic oxidation sites excluding steroid dienone is 5. The van der Waals surface area contributed by atoms with Crippen LogP contribution in [-0.4, -0.2) is 23.6 Å². The molecule has 8 nitrogen and oxygen atoms in total. The highest BCUT2D eigenvalue weighted by Gasteiger charge is 2.40. The van der Waals surface area contributed by atoms with E-state index in [1.807, 2.05) is 12.1 Å². The molecule has 0 fully saturated rings. The molecule has 5 rings (SSSR count). The zero-order chi connectivity index (χ0) is 26.8. The lowest BCUT2D eigenvalue weighted by molar-refractivity contribution is -0.384. The molecule has 38 heavy (non-hydrogen) atoms. The summed E-state index contributed by atoms with van der Waals surface area (Å²) >= 11 is 0. The average molecular weight is 515 g/mol. The Morgan fingerprint density at radius 1 is 1.03 bits per heavy atom. The third-order valence-electron chi connectivity index (χ3n) is 7.39. The number of hydrogen-bond donors (Lipinski definition) is 1. The highest BCUT2D eigenvalue weighted by Crippen LogP contribution is 2.47. The van der Waals surface area contributed by atoms with Crippen molar-refractivity contribution < 1.29 is 24.0 Å². The van der Waals surface area contributed by atoms with E-state index in [9.17, 15) is 19.7 Å². The number of hydrogen-bond acceptors (Lipinski definition) is 7. The molecule has 3 aliphatic rings. The summed E-state index contributed by atoms with van der Waals surface area (Å²) in [6, 6.07) is 10.1. The van der Waals surface area contributed by atoms with Gasteiger partial charge in [0.25, 0.3) is 5.69 Å². The van der Waals surface area contributed by atoms with Crippen molar-refractivity contribution in [2.45, 2.75) is 57.5 Å². The molecule has 8 heteroatoms. The molecule has 0 bridgehead atoms. The molecule has 1 heterocycles. The summed E-state index contributed by atoms with van der Waals surface area (Å²) in [6.07, 6.45) is 6.38. The van der Waals surface area contributed by atoms with E-state index in [1.54, 1.807) is 25.3 Å². The predicted octanol–water partition coefficient (Wildman–Crippen LogP) is 5.61. The molecule has 2 aromatic carbocycles. The Morgan fingerprint density at radius 3 is 2.21 bits per heavy atom. The van der Waals surface area contributed by atoms with Crippen molar-refractivity contribution in [1.29, 1.82) is 0 Å². The van der Waals surface area contributed by atoms with E-state index >= 15 is 0 Å². The number of ether oxygens (including phenoxy) is 2. The number of nitro benzene ring substituents is 1. The summed E-state index contributed by atoms with van der Waals surface area (Å²) < 4.78 is 11.9. The number of non-ortho nitro benzene ring substituents is 1. The summed E-state index contributed by atoms with van der Waals surface area (Å²) in [5.74, 6) is 0.753. The molecule has 2 aliphatic carbocycles. The van der Waals surface area contributed by atoms with Gasteiger partial charge in [0.05, 0.1) is 12.0 Å². The van der Waals surface area contributed by atoms with Gasteiger partial charge >= 0.3 is 0 Å². The minimum Gasteiger partial charge on any atom is -0.493 e. The standard InChI is InChI=1S/C30H30N2O6/c1-3-6-19-15-20(16-26(37-2)30(19)38-17-18-11-13-21(14-12-18)32(35)36)27-28-22(7-4-9-24(28)33)31-23-8-5-10-25(34)29(23)27/h3,11-16,27,31H,1,4-10,17H2,2H3. The molecule has 0 aromatic heterocycles. The Kier molecular flexibility index (Phi) is 7.13. The van der Waals surface area contributed by atoms with Crippen molar-refractivity contribution >= 4 is 17.3 Å². The summed E-state index contributed by atoms with van der Waals surface area (Å²) in [5.41, 5.74) is 5.69. The van der Waals surface area contributed by atoms with Gasteiger partial charge in [-0.15, -0.1) is 6.58 Å². The minimum atomic E-state index is -0.442. The number of dihydropyridines is 1. The van der Waals surface area contributed by atoms with Gasteiger partial charge in [0.1, 0.15) is 6.61 Å². The van der Waals surface area contributed by atoms with Crippen molar-refractivity contribution in [1.82, 2.24) is 5.32 Å². The summed E-state index contributed by atoms with van der Waals surface area (Å²) in [5, 5.41) is 14.4. The van der Waals surface area contributed by atoms with E-state index in [0.29, 0.717) is 41.9 Å². The number of methoxy groups -OCH3 is 1. The first-order valence-corrected chi connectivity index (χ1v) is 12.9. The molecular formula is C30H30N2O6. The zero-order valence-corrected chi connectivity index (χ0v) is 21.4. The summed E-state index contributed by atoms with van der Waals surface area (Å²) in [4.78, 5) is 36.9. The highest BCUT2D eigenvalue weighted by molar-refractivity contribution is 6.06. The van der Waals surface area contributed by atoms with Crippen LogP contribution in [0.3, 0.4) is 0 Å². The fourth-order valence-electron chi connectivity index (χ4n) is 5.66. The Labute approximate surface area is 221 Å². The van der Waals surface area contributed by atoms with E-state index in [-0.39, 0.29) is 23.9 Å². The normalized spacial score (nSPS) is 17.5. The molecule has 1 aliphatic heterocycles. The molecule has 1 N–H and O–H groups in total. The monoisotopic (exact) mass is 514 g/mol. The molecule has 0 amide bonds. The lowest BCUT2D eigenvalue weighted by Gasteiger charge is -2.37. The Hall–Kier alpha value is -4.20. The second-order valence-corrected chi connectivity index (χ2v) is 9.81. The number of nitrogens with one attached hydrogen (secondary N) is 1. The van der Waals surface area contributed by atoms with Crippen molar-refractivity contribution in [2.75, 3.05) is 7.11 Å². The van der Waals surface area contributed by atoms with Crippen LogP contribution in [0.1, 0.15) is 61.1 Å². The van der Waals surface area contributed by atoms with Gasteiger partial charge in [0, 0.05) is 59.0 Å². The SMILES string of the molecule is C=CCc1cc(C2C3=C(CCCC3=O)NC3=C2C(=O)CCC3)cc(OC)c1OCc1ccc([N+](=O)[O-])cc1. The molecular weight excluding hydrogens is 484 g/mol. The topological polar surface area (TPSA) is 108 Å². The smallest absolute Gasteiger partial charge is 0.269 e. The van der Waals surface area contributed by atoms with Gasteiger partial charge in [0.15, 0.2) is 23.1 Å². The lowest BCUT2D eigenvalue weighted by atomic mass is 9.71. The van der Waals surface area contributed by atoms with Crippen LogP contribution in [0.25, 0.3) is 0 Å². The van der Waals surface area contributed by atoms with Gasteiger partial charge in [-0.3, -0.25) is 19.7 Å². The van der Waals surface area contributed by atoms with Gasteiger partial charge in [-0.1, -0.05) is 12.1 Å². The van der Waals surface area contributed by atoms with E-state index < -0.39 is 10.8 Å². The average Bonchev–Trinajstić information content (AvgIpc) is 2.91. The maximum atomic E-state index is 13.2. The zero-order valence-electron chi connectivity index (χ0n) is 21.4. The third-order valence-corrected chi connectivity index (χ3v) is 7.39. The lowest BCUT2D eigenvalue weighted by Crippen LogP contribution is -2.36. The van der Waals surface area contributed by atoms with Gasteiger partial charge < -0.3 is 14.8 Å². The second kappa shape index (κ2) is 10.7. The van der Waals surface area contributed by atoms with Crippen molar-refractivity contribution in [3.63, 3.8) is 0 Å². The van der Waals surface area contributed by atoms with Crippen LogP contribution >= 0.6 is 0 Å². The van der Waals surface area contributed by atoms with Crippen LogP contribution in [-0.2, 0) is 22.6 Å². The number of carbonyl (C=O) groups is 2. The molecule has 196 valence electrons. The molecule has 0 radical (unpaired) electrons. The van der Waals surface area contributed by atoms with Gasteiger partial charge in [-0.25, -0.2) is 0 Å². The fourth-order valence-corrected chi connectivity index (χ4v) is 5.66. The molecule has 0 saturated carbocycles. The molecule has 2 aromatic rings. The van der Waals surface area contributed by atoms with Gasteiger partial charge in [0.2, 0.25) is 0 Å². The first kappa shape index (κ1) is 25.4. The first-order valence-electron chi connectivity index (χ1n) is 12.9. The van der Waals surface area contributed by atoms with E-state index in [1.165, 1.54) is 12.1 Å². The fraction of sp³-hybridized carbons (Fsp3) is 0.333. The number of benzene rings is 2. The summed E-state index contributed by atoms with van der Waals surface area (Å²) in [7, 11) is 1.56. The third kappa shape index (κ3) is 4.74. The highest BCUT2D eigenvalue weighted by atomic mass is 16.6. The second-order valence-electron chi connectivity index (χ2n) is 9.81. The minimum absolute atomic E-state index is 0.0156. The molecule has 0 atom stereocenters. The predicted molar refractivity (Wildman–Crippen MR) is 142 cm³/mol. The number of nitro groups is 1. The molecule has 0 unspecified atom stereocenters. The molecule has 0 spiro atoms. The Balaban J connectivity index is 1.56. The van der Waals surface area contributed by atoms with E-state index in [2.05, 4.69) is 11.9 Å².